The molecule has 0 saturated carbocycles. The number of hydrogen-bond acceptors (Lipinski definition) is 5. The summed E-state index contributed by atoms with van der Waals surface area (Å²) in [5, 5.41) is 10.7. The summed E-state index contributed by atoms with van der Waals surface area (Å²) in [4.78, 5) is 49.2. The van der Waals surface area contributed by atoms with Gasteiger partial charge in [-0.2, -0.15) is 8.78 Å². The molecular formula is C18H20F2N2O6. The Hall–Kier alpha value is -3.04. The molecule has 1 fully saturated rings. The van der Waals surface area contributed by atoms with E-state index in [1.807, 2.05) is 0 Å². The Kier molecular flexibility index (Phi) is 6.32. The number of amides is 2. The molecule has 1 aromatic rings. The molecule has 152 valence electrons. The van der Waals surface area contributed by atoms with Crippen molar-refractivity contribution in [3.05, 3.63) is 29.8 Å². The molecule has 1 atom stereocenters. The lowest BCUT2D eigenvalue weighted by Gasteiger charge is -2.44. The summed E-state index contributed by atoms with van der Waals surface area (Å²) in [7, 11) is 0. The van der Waals surface area contributed by atoms with Gasteiger partial charge in [-0.1, -0.05) is 12.1 Å². The molecule has 1 aliphatic heterocycles. The number of rotatable bonds is 7. The van der Waals surface area contributed by atoms with Gasteiger partial charge in [0.25, 0.3) is 0 Å². The molecule has 2 N–H and O–H groups in total. The van der Waals surface area contributed by atoms with Crippen LogP contribution in [0.5, 0.6) is 5.75 Å². The highest BCUT2D eigenvalue weighted by molar-refractivity contribution is 6.20. The van der Waals surface area contributed by atoms with Crippen molar-refractivity contribution in [2.75, 3.05) is 6.54 Å². The fraction of sp³-hybridized carbons (Fsp3) is 0.444. The molecule has 0 bridgehead atoms. The van der Waals surface area contributed by atoms with Gasteiger partial charge in [0.1, 0.15) is 12.3 Å². The second-order valence-electron chi connectivity index (χ2n) is 6.95. The van der Waals surface area contributed by atoms with Gasteiger partial charge >= 0.3 is 12.6 Å². The number of carboxylic acids is 1. The highest BCUT2D eigenvalue weighted by atomic mass is 19.3. The zero-order chi connectivity index (χ0) is 21.1. The van der Waals surface area contributed by atoms with E-state index in [2.05, 4.69) is 10.1 Å². The van der Waals surface area contributed by atoms with Gasteiger partial charge in [-0.3, -0.25) is 19.2 Å². The minimum absolute atomic E-state index is 0.0379. The molecule has 28 heavy (non-hydrogen) atoms. The Labute approximate surface area is 159 Å². The number of nitrogens with one attached hydrogen (secondary N) is 1. The van der Waals surface area contributed by atoms with E-state index in [0.29, 0.717) is 5.56 Å². The number of Topliss-reactive ketones (excluding diaryl/α,β-unsaturated/α-hetero) is 1. The zero-order valence-electron chi connectivity index (χ0n) is 15.3. The third-order valence-corrected chi connectivity index (χ3v) is 4.34. The van der Waals surface area contributed by atoms with E-state index in [-0.39, 0.29) is 18.7 Å². The first-order valence-electron chi connectivity index (χ1n) is 8.38. The number of piperidine rings is 1. The summed E-state index contributed by atoms with van der Waals surface area (Å²) in [6.07, 6.45) is -0.0868. The molecule has 0 radical (unpaired) electrons. The lowest BCUT2D eigenvalue weighted by atomic mass is 9.82. The topological polar surface area (TPSA) is 113 Å². The van der Waals surface area contributed by atoms with E-state index in [0.717, 1.165) is 0 Å². The Morgan fingerprint density at radius 2 is 1.89 bits per heavy atom. The predicted octanol–water partition coefficient (Wildman–Crippen LogP) is 1.18. The molecule has 10 heteroatoms. The van der Waals surface area contributed by atoms with E-state index in [1.165, 1.54) is 29.2 Å². The highest BCUT2D eigenvalue weighted by Gasteiger charge is 2.48. The third kappa shape index (κ3) is 5.02. The van der Waals surface area contributed by atoms with Crippen molar-refractivity contribution < 1.29 is 37.8 Å². The molecule has 1 aromatic carbocycles. The van der Waals surface area contributed by atoms with Crippen molar-refractivity contribution in [3.8, 4) is 5.75 Å². The molecule has 2 amide bonds. The van der Waals surface area contributed by atoms with Gasteiger partial charge in [0.05, 0.1) is 0 Å². The summed E-state index contributed by atoms with van der Waals surface area (Å²) >= 11 is 0. The maximum Gasteiger partial charge on any atom is 0.387 e. The number of halogens is 2. The Bertz CT molecular complexity index is 779. The van der Waals surface area contributed by atoms with Crippen LogP contribution in [0.4, 0.5) is 8.78 Å². The van der Waals surface area contributed by atoms with Crippen molar-refractivity contribution in [2.24, 2.45) is 5.92 Å². The van der Waals surface area contributed by atoms with Gasteiger partial charge in [0.2, 0.25) is 11.8 Å². The number of carbonyl (C=O) groups excluding carboxylic acids is 3. The first kappa shape index (κ1) is 21.3. The first-order chi connectivity index (χ1) is 13.0. The molecule has 8 nitrogen and oxygen atoms in total. The average Bonchev–Trinajstić information content (AvgIpc) is 2.57. The van der Waals surface area contributed by atoms with Crippen LogP contribution in [0, 0.1) is 5.92 Å². The van der Waals surface area contributed by atoms with Crippen LogP contribution in [-0.2, 0) is 25.7 Å². The van der Waals surface area contributed by atoms with Crippen molar-refractivity contribution in [1.82, 2.24) is 10.2 Å². The lowest BCUT2D eigenvalue weighted by molar-refractivity contribution is -0.158. The Morgan fingerprint density at radius 1 is 1.29 bits per heavy atom. The van der Waals surface area contributed by atoms with Gasteiger partial charge in [-0.25, -0.2) is 0 Å². The molecular weight excluding hydrogens is 378 g/mol. The van der Waals surface area contributed by atoms with E-state index >= 15 is 0 Å². The van der Waals surface area contributed by atoms with Gasteiger partial charge in [0, 0.05) is 18.5 Å². The largest absolute Gasteiger partial charge is 0.480 e. The second kappa shape index (κ2) is 8.32. The van der Waals surface area contributed by atoms with Crippen LogP contribution in [0.3, 0.4) is 0 Å². The van der Waals surface area contributed by atoms with Crippen LogP contribution in [-0.4, -0.2) is 52.3 Å². The van der Waals surface area contributed by atoms with E-state index in [9.17, 15) is 28.0 Å². The third-order valence-electron chi connectivity index (χ3n) is 4.34. The molecule has 1 unspecified atom stereocenters. The van der Waals surface area contributed by atoms with Crippen molar-refractivity contribution >= 4 is 23.6 Å². The number of hydrogen-bond donors (Lipinski definition) is 2. The standard InChI is InChI=1S/C18H20F2N2O6/c1-18(2)7-12(23)14(15(26)21-8-13(24)25)16(27)22(18)9-10-3-5-11(6-4-10)28-17(19)20/h3-6,14,17H,7-9H2,1-2H3,(H,21,26)(H,24,25). The molecule has 0 spiro atoms. The minimum atomic E-state index is -2.95. The number of nitrogens with zero attached hydrogens (tertiary/aromatic N) is 1. The Balaban J connectivity index is 2.18. The number of carboxylic acid groups (broad SMARTS) is 1. The smallest absolute Gasteiger partial charge is 0.387 e. The zero-order valence-corrected chi connectivity index (χ0v) is 15.3. The van der Waals surface area contributed by atoms with Crippen molar-refractivity contribution in [3.63, 3.8) is 0 Å². The van der Waals surface area contributed by atoms with Crippen molar-refractivity contribution in [1.29, 1.82) is 0 Å². The molecule has 2 rings (SSSR count). The first-order valence-corrected chi connectivity index (χ1v) is 8.38. The van der Waals surface area contributed by atoms with Crippen LogP contribution in [0.15, 0.2) is 24.3 Å². The molecule has 0 aromatic heterocycles. The number of aliphatic carboxylic acids is 1. The van der Waals surface area contributed by atoms with Gasteiger partial charge in [-0.15, -0.1) is 0 Å². The number of benzene rings is 1. The molecule has 1 saturated heterocycles. The van der Waals surface area contributed by atoms with E-state index in [1.54, 1.807) is 13.8 Å². The van der Waals surface area contributed by atoms with Crippen LogP contribution >= 0.6 is 0 Å². The quantitative estimate of drug-likeness (QED) is 0.667. The monoisotopic (exact) mass is 398 g/mol. The maximum atomic E-state index is 12.8. The Morgan fingerprint density at radius 3 is 2.43 bits per heavy atom. The molecule has 1 heterocycles. The van der Waals surface area contributed by atoms with E-state index in [4.69, 9.17) is 5.11 Å². The fourth-order valence-corrected chi connectivity index (χ4v) is 2.99. The van der Waals surface area contributed by atoms with Gasteiger partial charge in [0.15, 0.2) is 11.7 Å². The summed E-state index contributed by atoms with van der Waals surface area (Å²) in [5.74, 6) is -5.24. The highest BCUT2D eigenvalue weighted by Crippen LogP contribution is 2.31. The van der Waals surface area contributed by atoms with Crippen LogP contribution in [0.2, 0.25) is 0 Å². The summed E-state index contributed by atoms with van der Waals surface area (Å²) < 4.78 is 28.7. The molecule has 1 aliphatic rings. The van der Waals surface area contributed by atoms with Crippen molar-refractivity contribution in [2.45, 2.75) is 39.0 Å². The fourth-order valence-electron chi connectivity index (χ4n) is 2.99. The average molecular weight is 398 g/mol. The summed E-state index contributed by atoms with van der Waals surface area (Å²) in [6, 6.07) is 5.64. The number of ether oxygens (including phenoxy) is 1. The maximum absolute atomic E-state index is 12.8. The second-order valence-corrected chi connectivity index (χ2v) is 6.95. The predicted molar refractivity (Wildman–Crippen MR) is 91.5 cm³/mol. The number of alkyl halides is 2. The van der Waals surface area contributed by atoms with Gasteiger partial charge < -0.3 is 20.1 Å². The minimum Gasteiger partial charge on any atom is -0.480 e. The number of ketones is 1. The van der Waals surface area contributed by atoms with Gasteiger partial charge in [-0.05, 0) is 31.5 Å². The molecule has 0 aliphatic carbocycles. The SMILES string of the molecule is CC1(C)CC(=O)C(C(=O)NCC(=O)O)C(=O)N1Cc1ccc(OC(F)F)cc1. The number of likely N-dealkylation sites (tertiary alicyclic amines) is 1. The van der Waals surface area contributed by atoms with Crippen LogP contribution < -0.4 is 10.1 Å². The van der Waals surface area contributed by atoms with E-state index < -0.39 is 48.2 Å². The van der Waals surface area contributed by atoms with Crippen LogP contribution in [0.25, 0.3) is 0 Å². The summed E-state index contributed by atoms with van der Waals surface area (Å²) in [5.41, 5.74) is -0.294. The lowest BCUT2D eigenvalue weighted by Crippen LogP contribution is -2.60. The normalized spacial score (nSPS) is 18.9. The summed E-state index contributed by atoms with van der Waals surface area (Å²) in [6.45, 7) is -0.281. The van der Waals surface area contributed by atoms with Crippen LogP contribution in [0.1, 0.15) is 25.8 Å². The number of carbonyl (C=O) groups is 4.